The molecule has 0 aliphatic carbocycles. The maximum Gasteiger partial charge on any atom is 0.226 e. The van der Waals surface area contributed by atoms with Crippen LogP contribution in [0.4, 0.5) is 5.69 Å². The minimum absolute atomic E-state index is 0.0743. The summed E-state index contributed by atoms with van der Waals surface area (Å²) < 4.78 is 0. The average Bonchev–Trinajstić information content (AvgIpc) is 3.17. The number of amides is 2. The molecule has 160 valence electrons. The Bertz CT molecular complexity index is 889. The molecule has 2 aromatic rings. The van der Waals surface area contributed by atoms with Gasteiger partial charge in [-0.25, -0.2) is 4.98 Å². The molecule has 2 amide bonds. The number of piperidine rings is 2. The Morgan fingerprint density at radius 2 is 2.07 bits per heavy atom. The van der Waals surface area contributed by atoms with Gasteiger partial charge in [0.15, 0.2) is 0 Å². The number of aryl methyl sites for hydroxylation is 1. The molecule has 2 saturated heterocycles. The summed E-state index contributed by atoms with van der Waals surface area (Å²) in [6, 6.07) is 7.99. The van der Waals surface area contributed by atoms with E-state index in [1.165, 1.54) is 0 Å². The average molecular weight is 427 g/mol. The van der Waals surface area contributed by atoms with E-state index in [9.17, 15) is 9.59 Å². The van der Waals surface area contributed by atoms with Gasteiger partial charge in [0, 0.05) is 43.0 Å². The van der Waals surface area contributed by atoms with Gasteiger partial charge in [-0.05, 0) is 63.4 Å². The van der Waals surface area contributed by atoms with Crippen LogP contribution in [-0.4, -0.2) is 41.3 Å². The Hall–Kier alpha value is -2.25. The number of rotatable bonds is 6. The van der Waals surface area contributed by atoms with Crippen LogP contribution in [-0.2, 0) is 22.7 Å². The summed E-state index contributed by atoms with van der Waals surface area (Å²) in [6.07, 6.45) is 4.43. The lowest BCUT2D eigenvalue weighted by molar-refractivity contribution is -0.126. The van der Waals surface area contributed by atoms with E-state index in [0.29, 0.717) is 13.0 Å². The molecule has 0 spiro atoms. The lowest BCUT2D eigenvalue weighted by atomic mass is 9.95. The molecule has 30 heavy (non-hydrogen) atoms. The van der Waals surface area contributed by atoms with Crippen LogP contribution in [0, 0.1) is 12.8 Å². The van der Waals surface area contributed by atoms with E-state index in [-0.39, 0.29) is 17.7 Å². The van der Waals surface area contributed by atoms with Crippen molar-refractivity contribution in [2.45, 2.75) is 52.1 Å². The standard InChI is InChI=1S/C23H30N4O2S/c1-17-25-20(16-30-17)15-26-11-8-19(9-12-26)23(29)24-14-18-5-4-6-21(13-18)27-10-3-2-7-22(27)28/h4-6,13,16,19H,2-3,7-12,14-15H2,1H3,(H,24,29). The van der Waals surface area contributed by atoms with Crippen LogP contribution in [0.15, 0.2) is 29.6 Å². The molecule has 2 aliphatic rings. The Morgan fingerprint density at radius 1 is 1.23 bits per heavy atom. The fraction of sp³-hybridized carbons (Fsp3) is 0.522. The third-order valence-electron chi connectivity index (χ3n) is 6.02. The van der Waals surface area contributed by atoms with E-state index in [0.717, 1.165) is 73.8 Å². The minimum Gasteiger partial charge on any atom is -0.352 e. The topological polar surface area (TPSA) is 65.5 Å². The Balaban J connectivity index is 1.25. The zero-order chi connectivity index (χ0) is 20.9. The molecule has 2 aliphatic heterocycles. The van der Waals surface area contributed by atoms with Gasteiger partial charge >= 0.3 is 0 Å². The molecule has 7 heteroatoms. The van der Waals surface area contributed by atoms with Crippen molar-refractivity contribution in [1.29, 1.82) is 0 Å². The molecule has 0 unspecified atom stereocenters. The molecule has 0 saturated carbocycles. The summed E-state index contributed by atoms with van der Waals surface area (Å²) in [4.78, 5) is 33.6. The summed E-state index contributed by atoms with van der Waals surface area (Å²) >= 11 is 1.69. The van der Waals surface area contributed by atoms with Crippen LogP contribution >= 0.6 is 11.3 Å². The molecule has 4 rings (SSSR count). The third kappa shape index (κ3) is 5.26. The van der Waals surface area contributed by atoms with Gasteiger partial charge in [-0.2, -0.15) is 0 Å². The van der Waals surface area contributed by atoms with E-state index in [1.807, 2.05) is 36.1 Å². The monoisotopic (exact) mass is 426 g/mol. The van der Waals surface area contributed by atoms with Gasteiger partial charge in [-0.15, -0.1) is 11.3 Å². The Labute approximate surface area is 182 Å². The van der Waals surface area contributed by atoms with E-state index in [4.69, 9.17) is 0 Å². The number of nitrogens with zero attached hydrogens (tertiary/aromatic N) is 3. The SMILES string of the molecule is Cc1nc(CN2CCC(C(=O)NCc3cccc(N4CCCCC4=O)c3)CC2)cs1. The fourth-order valence-corrected chi connectivity index (χ4v) is 4.91. The number of thiazole rings is 1. The molecular weight excluding hydrogens is 396 g/mol. The molecule has 0 radical (unpaired) electrons. The molecule has 0 bridgehead atoms. The summed E-state index contributed by atoms with van der Waals surface area (Å²) in [6.45, 7) is 6.06. The number of likely N-dealkylation sites (tertiary alicyclic amines) is 1. The quantitative estimate of drug-likeness (QED) is 0.768. The second-order valence-electron chi connectivity index (χ2n) is 8.30. The number of hydrogen-bond donors (Lipinski definition) is 1. The number of carbonyl (C=O) groups is 2. The number of nitrogens with one attached hydrogen (secondary N) is 1. The van der Waals surface area contributed by atoms with E-state index >= 15 is 0 Å². The first-order valence-electron chi connectivity index (χ1n) is 10.9. The number of benzene rings is 1. The van der Waals surface area contributed by atoms with Gasteiger partial charge < -0.3 is 10.2 Å². The van der Waals surface area contributed by atoms with Crippen LogP contribution in [0.1, 0.15) is 48.4 Å². The third-order valence-corrected chi connectivity index (χ3v) is 6.85. The van der Waals surface area contributed by atoms with Crippen molar-refractivity contribution in [2.24, 2.45) is 5.92 Å². The summed E-state index contributed by atoms with van der Waals surface area (Å²) in [7, 11) is 0. The first kappa shape index (κ1) is 21.0. The van der Waals surface area contributed by atoms with Crippen LogP contribution in [0.3, 0.4) is 0 Å². The first-order chi connectivity index (χ1) is 14.6. The Morgan fingerprint density at radius 3 is 2.80 bits per heavy atom. The van der Waals surface area contributed by atoms with Crippen molar-refractivity contribution in [2.75, 3.05) is 24.5 Å². The van der Waals surface area contributed by atoms with Gasteiger partial charge in [0.25, 0.3) is 0 Å². The van der Waals surface area contributed by atoms with Gasteiger partial charge in [0.1, 0.15) is 0 Å². The normalized spacial score (nSPS) is 18.6. The second-order valence-corrected chi connectivity index (χ2v) is 9.36. The minimum atomic E-state index is 0.0743. The van der Waals surface area contributed by atoms with E-state index in [2.05, 4.69) is 20.6 Å². The number of hydrogen-bond acceptors (Lipinski definition) is 5. The maximum atomic E-state index is 12.7. The first-order valence-corrected chi connectivity index (χ1v) is 11.8. The summed E-state index contributed by atoms with van der Waals surface area (Å²) in [5.74, 6) is 0.408. The van der Waals surface area contributed by atoms with Crippen molar-refractivity contribution >= 4 is 28.8 Å². The van der Waals surface area contributed by atoms with Crippen LogP contribution < -0.4 is 10.2 Å². The highest BCUT2D eigenvalue weighted by Crippen LogP contribution is 2.23. The van der Waals surface area contributed by atoms with Crippen molar-refractivity contribution < 1.29 is 9.59 Å². The summed E-state index contributed by atoms with van der Waals surface area (Å²) in [5.41, 5.74) is 3.11. The van der Waals surface area contributed by atoms with Gasteiger partial charge in [-0.3, -0.25) is 14.5 Å². The van der Waals surface area contributed by atoms with Crippen LogP contribution in [0.25, 0.3) is 0 Å². The highest BCUT2D eigenvalue weighted by Gasteiger charge is 2.25. The number of carbonyl (C=O) groups excluding carboxylic acids is 2. The molecule has 3 heterocycles. The molecule has 6 nitrogen and oxygen atoms in total. The van der Waals surface area contributed by atoms with Crippen LogP contribution in [0.2, 0.25) is 0 Å². The smallest absolute Gasteiger partial charge is 0.226 e. The summed E-state index contributed by atoms with van der Waals surface area (Å²) in [5, 5.41) is 6.34. The molecular formula is C23H30N4O2S. The fourth-order valence-electron chi connectivity index (χ4n) is 4.31. The predicted octanol–water partition coefficient (Wildman–Crippen LogP) is 3.50. The van der Waals surface area contributed by atoms with Crippen molar-refractivity contribution in [1.82, 2.24) is 15.2 Å². The van der Waals surface area contributed by atoms with Gasteiger partial charge in [0.05, 0.1) is 10.7 Å². The predicted molar refractivity (Wildman–Crippen MR) is 119 cm³/mol. The number of aromatic nitrogens is 1. The maximum absolute atomic E-state index is 12.7. The zero-order valence-electron chi connectivity index (χ0n) is 17.6. The molecule has 2 fully saturated rings. The largest absolute Gasteiger partial charge is 0.352 e. The number of anilines is 1. The van der Waals surface area contributed by atoms with Gasteiger partial charge in [0.2, 0.25) is 11.8 Å². The molecule has 1 aromatic heterocycles. The molecule has 1 N–H and O–H groups in total. The molecule has 0 atom stereocenters. The van der Waals surface area contributed by atoms with Crippen LogP contribution in [0.5, 0.6) is 0 Å². The molecule has 1 aromatic carbocycles. The zero-order valence-corrected chi connectivity index (χ0v) is 18.4. The second kappa shape index (κ2) is 9.71. The van der Waals surface area contributed by atoms with E-state index < -0.39 is 0 Å². The van der Waals surface area contributed by atoms with E-state index in [1.54, 1.807) is 11.3 Å². The van der Waals surface area contributed by atoms with Crippen molar-refractivity contribution in [3.05, 3.63) is 45.9 Å². The highest BCUT2D eigenvalue weighted by atomic mass is 32.1. The Kier molecular flexibility index (Phi) is 6.79. The highest BCUT2D eigenvalue weighted by molar-refractivity contribution is 7.09. The van der Waals surface area contributed by atoms with Gasteiger partial charge in [-0.1, -0.05) is 12.1 Å². The lowest BCUT2D eigenvalue weighted by Gasteiger charge is -2.30. The lowest BCUT2D eigenvalue weighted by Crippen LogP contribution is -2.40. The van der Waals surface area contributed by atoms with Crippen molar-refractivity contribution in [3.8, 4) is 0 Å². The van der Waals surface area contributed by atoms with Crippen molar-refractivity contribution in [3.63, 3.8) is 0 Å².